The average molecular weight is 489 g/mol. The molecule has 1 aliphatic carbocycles. The highest BCUT2D eigenvalue weighted by Gasteiger charge is 2.30. The molecular weight excluding hydrogens is 455 g/mol. The minimum Gasteiger partial charge on any atom is -0.358 e. The van der Waals surface area contributed by atoms with Gasteiger partial charge in [-0.15, -0.1) is 0 Å². The first-order chi connectivity index (χ1) is 16.1. The first kappa shape index (κ1) is 24.4. The second kappa shape index (κ2) is 9.87. The van der Waals surface area contributed by atoms with E-state index in [-0.39, 0.29) is 11.9 Å². The van der Waals surface area contributed by atoms with Gasteiger partial charge in [-0.25, -0.2) is 19.7 Å². The Bertz CT molecular complexity index is 1180. The summed E-state index contributed by atoms with van der Waals surface area (Å²) in [5, 5.41) is 12.2. The van der Waals surface area contributed by atoms with Gasteiger partial charge in [-0.2, -0.15) is 14.6 Å². The number of aryl methyl sites for hydroxylation is 1. The number of amides is 1. The van der Waals surface area contributed by atoms with Crippen LogP contribution in [-0.2, 0) is 24.4 Å². The van der Waals surface area contributed by atoms with Crippen LogP contribution in [0.15, 0.2) is 24.5 Å². The summed E-state index contributed by atoms with van der Waals surface area (Å²) < 4.78 is 22.7. The molecule has 0 aliphatic heterocycles. The second-order valence-electron chi connectivity index (χ2n) is 9.65. The molecule has 1 aliphatic rings. The second-order valence-corrected chi connectivity index (χ2v) is 14.2. The Labute approximate surface area is 201 Å². The number of aromatic nitrogens is 5. The highest BCUT2D eigenvalue weighted by molar-refractivity contribution is 8.32. The Balaban J connectivity index is 1.37. The van der Waals surface area contributed by atoms with E-state index < -0.39 is 16.0 Å². The molecule has 1 amide bonds. The van der Waals surface area contributed by atoms with Gasteiger partial charge >= 0.3 is 0 Å². The highest BCUT2D eigenvalue weighted by Crippen LogP contribution is 2.34. The molecule has 3 aromatic rings. The molecule has 1 N–H and O–H groups in total. The van der Waals surface area contributed by atoms with E-state index in [2.05, 4.69) is 41.1 Å². The number of hydrogen-bond donors (Lipinski definition) is 1. The fraction of sp³-hybridized carbons (Fsp3) is 0.500. The number of hydrogen-bond acceptors (Lipinski definition) is 5. The fourth-order valence-electron chi connectivity index (χ4n) is 4.06. The number of halogens is 1. The lowest BCUT2D eigenvalue weighted by atomic mass is 10.2. The minimum absolute atomic E-state index is 0.131. The number of fused-ring (bicyclic) bond motifs is 1. The van der Waals surface area contributed by atoms with Crippen LogP contribution in [0.25, 0.3) is 0 Å². The Morgan fingerprint density at radius 2 is 2.09 bits per heavy atom. The Kier molecular flexibility index (Phi) is 7.09. The summed E-state index contributed by atoms with van der Waals surface area (Å²) in [5.74, 6) is 0.374. The zero-order valence-electron chi connectivity index (χ0n) is 20.5. The van der Waals surface area contributed by atoms with E-state index in [0.717, 1.165) is 42.2 Å². The molecule has 3 aromatic heterocycles. The lowest BCUT2D eigenvalue weighted by Gasteiger charge is -2.24. The van der Waals surface area contributed by atoms with Crippen molar-refractivity contribution in [1.82, 2.24) is 29.9 Å². The normalized spacial score (nSPS) is 16.0. The third-order valence-electron chi connectivity index (χ3n) is 6.12. The molecule has 8 nitrogen and oxygen atoms in total. The number of ether oxygens (including phenoxy) is 1. The summed E-state index contributed by atoms with van der Waals surface area (Å²) in [6.07, 6.45) is 11.8. The zero-order valence-corrected chi connectivity index (χ0v) is 21.3. The molecule has 184 valence electrons. The van der Waals surface area contributed by atoms with Crippen LogP contribution in [0.5, 0.6) is 0 Å². The third-order valence-corrected chi connectivity index (χ3v) is 7.51. The molecule has 0 fully saturated rings. The van der Waals surface area contributed by atoms with E-state index in [9.17, 15) is 9.18 Å². The van der Waals surface area contributed by atoms with Crippen LogP contribution in [0, 0.1) is 19.8 Å². The highest BCUT2D eigenvalue weighted by atomic mass is 32.3. The Morgan fingerprint density at radius 3 is 2.82 bits per heavy atom. The van der Waals surface area contributed by atoms with Gasteiger partial charge in [-0.05, 0) is 62.6 Å². The number of carbonyl (C=O) groups excluding carboxylic acids is 1. The molecule has 0 spiro atoms. The third kappa shape index (κ3) is 5.67. The minimum atomic E-state index is -0.581. The smallest absolute Gasteiger partial charge is 0.255 e. The van der Waals surface area contributed by atoms with Crippen molar-refractivity contribution in [3.05, 3.63) is 64.2 Å². The van der Waals surface area contributed by atoms with Crippen LogP contribution in [-0.4, -0.2) is 61.6 Å². The number of nitrogens with one attached hydrogen (secondary N) is 1. The maximum absolute atomic E-state index is 13.2. The van der Waals surface area contributed by atoms with Crippen molar-refractivity contribution in [1.29, 1.82) is 0 Å². The van der Waals surface area contributed by atoms with Crippen LogP contribution in [0.4, 0.5) is 4.39 Å². The molecule has 1 atom stereocenters. The van der Waals surface area contributed by atoms with Crippen LogP contribution >= 0.6 is 10.0 Å². The SMILES string of the molecule is Cc1nc(F)ccc1Cn1cc(C(=O)N[C@@H]2CCc3c2nn(COCCS(C)(C)C)c3C)cn1. The summed E-state index contributed by atoms with van der Waals surface area (Å²) in [6, 6.07) is 2.88. The van der Waals surface area contributed by atoms with E-state index in [1.807, 2.05) is 4.68 Å². The average Bonchev–Trinajstić information content (AvgIpc) is 3.45. The summed E-state index contributed by atoms with van der Waals surface area (Å²) in [6.45, 7) is 5.38. The van der Waals surface area contributed by atoms with Gasteiger partial charge in [-0.3, -0.25) is 9.48 Å². The largest absolute Gasteiger partial charge is 0.358 e. The predicted octanol–water partition coefficient (Wildman–Crippen LogP) is 3.36. The summed E-state index contributed by atoms with van der Waals surface area (Å²) in [5.41, 5.74) is 5.16. The van der Waals surface area contributed by atoms with Crippen LogP contribution in [0.1, 0.15) is 51.0 Å². The van der Waals surface area contributed by atoms with Gasteiger partial charge < -0.3 is 10.1 Å². The van der Waals surface area contributed by atoms with Gasteiger partial charge in [0, 0.05) is 23.3 Å². The van der Waals surface area contributed by atoms with Gasteiger partial charge in [0.05, 0.1) is 36.6 Å². The van der Waals surface area contributed by atoms with E-state index in [1.165, 1.54) is 11.6 Å². The van der Waals surface area contributed by atoms with Crippen molar-refractivity contribution < 1.29 is 13.9 Å². The molecule has 0 aromatic carbocycles. The van der Waals surface area contributed by atoms with Crippen LogP contribution < -0.4 is 5.32 Å². The van der Waals surface area contributed by atoms with E-state index in [4.69, 9.17) is 9.84 Å². The molecule has 34 heavy (non-hydrogen) atoms. The quantitative estimate of drug-likeness (QED) is 0.369. The molecule has 0 saturated heterocycles. The fourth-order valence-corrected chi connectivity index (χ4v) is 4.67. The van der Waals surface area contributed by atoms with Gasteiger partial charge in [-0.1, -0.05) is 6.07 Å². The molecule has 0 saturated carbocycles. The summed E-state index contributed by atoms with van der Waals surface area (Å²) in [4.78, 5) is 16.7. The lowest BCUT2D eigenvalue weighted by molar-refractivity contribution is 0.0786. The van der Waals surface area contributed by atoms with Crippen molar-refractivity contribution in [3.63, 3.8) is 0 Å². The van der Waals surface area contributed by atoms with E-state index in [1.54, 1.807) is 30.1 Å². The molecule has 10 heteroatoms. The van der Waals surface area contributed by atoms with Crippen molar-refractivity contribution in [2.24, 2.45) is 0 Å². The van der Waals surface area contributed by atoms with Gasteiger partial charge in [0.25, 0.3) is 5.91 Å². The topological polar surface area (TPSA) is 86.9 Å². The van der Waals surface area contributed by atoms with Gasteiger partial charge in [0.15, 0.2) is 0 Å². The van der Waals surface area contributed by atoms with Crippen molar-refractivity contribution >= 4 is 15.9 Å². The number of pyridine rings is 1. The van der Waals surface area contributed by atoms with Crippen LogP contribution in [0.3, 0.4) is 0 Å². The molecule has 3 heterocycles. The van der Waals surface area contributed by atoms with Crippen molar-refractivity contribution in [3.8, 4) is 0 Å². The lowest BCUT2D eigenvalue weighted by Crippen LogP contribution is -2.27. The number of nitrogens with zero attached hydrogens (tertiary/aromatic N) is 5. The molecule has 0 unspecified atom stereocenters. The van der Waals surface area contributed by atoms with E-state index in [0.29, 0.717) is 24.5 Å². The summed E-state index contributed by atoms with van der Waals surface area (Å²) >= 11 is 0. The van der Waals surface area contributed by atoms with Gasteiger partial charge in [0.1, 0.15) is 6.73 Å². The van der Waals surface area contributed by atoms with Crippen molar-refractivity contribution in [2.75, 3.05) is 31.1 Å². The number of carbonyl (C=O) groups is 1. The van der Waals surface area contributed by atoms with Gasteiger partial charge in [0.2, 0.25) is 5.95 Å². The molecular formula is C24H33FN6O2S. The monoisotopic (exact) mass is 488 g/mol. The number of rotatable bonds is 9. The first-order valence-corrected chi connectivity index (χ1v) is 14.4. The van der Waals surface area contributed by atoms with Crippen molar-refractivity contribution in [2.45, 2.75) is 46.0 Å². The standard InChI is InChI=1S/C24H33FN6O2S/c1-16-18(6-9-22(25)27-16)13-30-14-19(12-26-30)24(32)28-21-8-7-20-17(2)31(29-23(20)21)15-33-10-11-34(3,4)5/h6,9,12,14,21H,7-8,10-11,13,15H2,1-5H3,(H,28,32)/t21-/m1/s1. The molecule has 4 rings (SSSR count). The maximum Gasteiger partial charge on any atom is 0.255 e. The Morgan fingerprint density at radius 1 is 1.29 bits per heavy atom. The predicted molar refractivity (Wildman–Crippen MR) is 132 cm³/mol. The zero-order chi connectivity index (χ0) is 24.5. The molecule has 0 bridgehead atoms. The first-order valence-electron chi connectivity index (χ1n) is 11.4. The summed E-state index contributed by atoms with van der Waals surface area (Å²) in [7, 11) is -0.581. The maximum atomic E-state index is 13.2. The Hall–Kier alpha value is -2.72. The van der Waals surface area contributed by atoms with Crippen LogP contribution in [0.2, 0.25) is 0 Å². The molecule has 0 radical (unpaired) electrons. The van der Waals surface area contributed by atoms with E-state index >= 15 is 0 Å².